The summed E-state index contributed by atoms with van der Waals surface area (Å²) in [7, 11) is 0. The third kappa shape index (κ3) is 6.52. The Hall–Kier alpha value is -2.12. The van der Waals surface area contributed by atoms with Gasteiger partial charge in [-0.05, 0) is 25.0 Å². The molecule has 0 unspecified atom stereocenters. The lowest BCUT2D eigenvalue weighted by Crippen LogP contribution is -2.30. The van der Waals surface area contributed by atoms with Crippen molar-refractivity contribution < 1.29 is 27.8 Å². The lowest BCUT2D eigenvalue weighted by molar-refractivity contribution is -0.166. The molecule has 0 atom stereocenters. The summed E-state index contributed by atoms with van der Waals surface area (Å²) in [5.41, 5.74) is -2.42. The molecule has 1 aliphatic heterocycles. The molecule has 5 nitrogen and oxygen atoms in total. The fourth-order valence-electron chi connectivity index (χ4n) is 2.87. The maximum Gasteiger partial charge on any atom is 0.442 e. The first-order valence-corrected chi connectivity index (χ1v) is 9.31. The molecule has 1 N–H and O–H groups in total. The van der Waals surface area contributed by atoms with E-state index in [1.807, 2.05) is 0 Å². The van der Waals surface area contributed by atoms with Gasteiger partial charge in [-0.3, -0.25) is 4.79 Å². The molecule has 8 heteroatoms. The fraction of sp³-hybridized carbons (Fsp3) is 0.632. The van der Waals surface area contributed by atoms with Crippen LogP contribution >= 0.6 is 0 Å². The molecule has 1 heterocycles. The normalized spacial score (nSPS) is 14.9. The van der Waals surface area contributed by atoms with Gasteiger partial charge in [0.2, 0.25) is 0 Å². The van der Waals surface area contributed by atoms with E-state index in [1.54, 1.807) is 6.07 Å². The summed E-state index contributed by atoms with van der Waals surface area (Å²) in [5, 5.41) is 14.9. The summed E-state index contributed by atoms with van der Waals surface area (Å²) < 4.78 is 44.6. The number of carboxylic acids is 1. The van der Waals surface area contributed by atoms with Crippen LogP contribution in [0, 0.1) is 0 Å². The molecule has 0 bridgehead atoms. The number of hydrogen-bond acceptors (Lipinski definition) is 4. The van der Waals surface area contributed by atoms with E-state index in [2.05, 4.69) is 10.2 Å². The third-order valence-corrected chi connectivity index (χ3v) is 4.49. The van der Waals surface area contributed by atoms with Crippen LogP contribution in [0.2, 0.25) is 0 Å². The number of unbranched alkanes of at least 4 members (excludes halogenated alkanes) is 7. The van der Waals surface area contributed by atoms with Gasteiger partial charge in [0.25, 0.3) is 0 Å². The molecule has 0 saturated heterocycles. The number of ether oxygens (including phenoxy) is 1. The monoisotopic (exact) mass is 386 g/mol. The van der Waals surface area contributed by atoms with Crippen molar-refractivity contribution in [1.29, 1.82) is 0 Å². The van der Waals surface area contributed by atoms with Crippen molar-refractivity contribution in [2.24, 2.45) is 10.2 Å². The maximum atomic E-state index is 13.0. The predicted octanol–water partition coefficient (Wildman–Crippen LogP) is 5.84. The van der Waals surface area contributed by atoms with E-state index in [4.69, 9.17) is 9.84 Å². The van der Waals surface area contributed by atoms with Crippen molar-refractivity contribution in [2.75, 3.05) is 6.61 Å². The maximum absolute atomic E-state index is 13.0. The zero-order valence-electron chi connectivity index (χ0n) is 15.2. The number of alkyl halides is 3. The van der Waals surface area contributed by atoms with Crippen LogP contribution in [-0.4, -0.2) is 23.9 Å². The SMILES string of the molecule is O=C(O)CCCCCCCCCCOc1cccc(C2(C(F)(F)F)N=N2)c1. The minimum absolute atomic E-state index is 0.0181. The Bertz CT molecular complexity index is 641. The number of halogens is 3. The number of rotatable bonds is 13. The Morgan fingerprint density at radius 1 is 1.00 bits per heavy atom. The van der Waals surface area contributed by atoms with E-state index in [0.717, 1.165) is 51.4 Å². The standard InChI is InChI=1S/C19H25F3N2O3/c20-19(21,22)18(23-24-18)15-10-9-11-16(14-15)27-13-8-6-4-2-1-3-5-7-12-17(25)26/h9-11,14H,1-8,12-13H2,(H,25,26). The zero-order valence-corrected chi connectivity index (χ0v) is 15.2. The van der Waals surface area contributed by atoms with Crippen LogP contribution in [0.25, 0.3) is 0 Å². The lowest BCUT2D eigenvalue weighted by atomic mass is 10.0. The van der Waals surface area contributed by atoms with Gasteiger partial charge in [0.15, 0.2) is 0 Å². The van der Waals surface area contributed by atoms with E-state index in [9.17, 15) is 18.0 Å². The summed E-state index contributed by atoms with van der Waals surface area (Å²) in [6.45, 7) is 0.454. The van der Waals surface area contributed by atoms with Gasteiger partial charge in [0.05, 0.1) is 6.61 Å². The van der Waals surface area contributed by atoms with Gasteiger partial charge in [-0.25, -0.2) is 0 Å². The van der Waals surface area contributed by atoms with Crippen molar-refractivity contribution >= 4 is 5.97 Å². The molecule has 0 aliphatic carbocycles. The van der Waals surface area contributed by atoms with Crippen LogP contribution in [0.4, 0.5) is 13.2 Å². The average Bonchev–Trinajstić information content (AvgIpc) is 3.41. The van der Waals surface area contributed by atoms with Gasteiger partial charge in [-0.1, -0.05) is 50.7 Å². The van der Waals surface area contributed by atoms with Gasteiger partial charge in [0.1, 0.15) is 5.75 Å². The first kappa shape index (κ1) is 21.2. The summed E-state index contributed by atoms with van der Waals surface area (Å²) in [5.74, 6) is -0.345. The molecule has 1 aliphatic rings. The van der Waals surface area contributed by atoms with E-state index >= 15 is 0 Å². The van der Waals surface area contributed by atoms with Crippen LogP contribution in [0.3, 0.4) is 0 Å². The highest BCUT2D eigenvalue weighted by atomic mass is 19.4. The summed E-state index contributed by atoms with van der Waals surface area (Å²) in [6.07, 6.45) is 3.53. The van der Waals surface area contributed by atoms with Crippen LogP contribution in [0.5, 0.6) is 5.75 Å². The zero-order chi connectivity index (χ0) is 19.8. The minimum atomic E-state index is -4.53. The van der Waals surface area contributed by atoms with E-state index in [-0.39, 0.29) is 12.0 Å². The molecular formula is C19H25F3N2O3. The Morgan fingerprint density at radius 3 is 2.15 bits per heavy atom. The first-order chi connectivity index (χ1) is 12.8. The van der Waals surface area contributed by atoms with E-state index in [0.29, 0.717) is 12.4 Å². The molecule has 0 saturated carbocycles. The molecule has 1 aromatic carbocycles. The van der Waals surface area contributed by atoms with Gasteiger partial charge in [-0.2, -0.15) is 13.2 Å². The number of nitrogens with zero attached hydrogens (tertiary/aromatic N) is 2. The molecule has 2 rings (SSSR count). The highest BCUT2D eigenvalue weighted by Gasteiger charge is 2.65. The second-order valence-electron chi connectivity index (χ2n) is 6.72. The number of carbonyl (C=O) groups is 1. The Kier molecular flexibility index (Phi) is 7.62. The van der Waals surface area contributed by atoms with Crippen LogP contribution in [0.1, 0.15) is 63.4 Å². The lowest BCUT2D eigenvalue weighted by Gasteiger charge is -2.15. The van der Waals surface area contributed by atoms with Gasteiger partial charge in [0, 0.05) is 12.0 Å². The number of aliphatic carboxylic acids is 1. The minimum Gasteiger partial charge on any atom is -0.494 e. The van der Waals surface area contributed by atoms with Gasteiger partial charge >= 0.3 is 17.8 Å². The number of hydrogen-bond donors (Lipinski definition) is 1. The molecular weight excluding hydrogens is 361 g/mol. The first-order valence-electron chi connectivity index (χ1n) is 9.31. The van der Waals surface area contributed by atoms with Crippen LogP contribution in [0.15, 0.2) is 34.5 Å². The molecule has 0 fully saturated rings. The fourth-order valence-corrected chi connectivity index (χ4v) is 2.87. The van der Waals surface area contributed by atoms with Crippen molar-refractivity contribution in [3.63, 3.8) is 0 Å². The van der Waals surface area contributed by atoms with Crippen LogP contribution in [-0.2, 0) is 10.5 Å². The smallest absolute Gasteiger partial charge is 0.442 e. The van der Waals surface area contributed by atoms with Crippen molar-refractivity contribution in [3.8, 4) is 5.75 Å². The summed E-state index contributed by atoms with van der Waals surface area (Å²) in [6, 6.07) is 5.86. The summed E-state index contributed by atoms with van der Waals surface area (Å²) >= 11 is 0. The Morgan fingerprint density at radius 2 is 1.59 bits per heavy atom. The Balaban J connectivity index is 1.57. The molecule has 0 amide bonds. The molecule has 150 valence electrons. The van der Waals surface area contributed by atoms with Crippen molar-refractivity contribution in [1.82, 2.24) is 0 Å². The highest BCUT2D eigenvalue weighted by Crippen LogP contribution is 2.52. The van der Waals surface area contributed by atoms with Crippen molar-refractivity contribution in [3.05, 3.63) is 29.8 Å². The predicted molar refractivity (Wildman–Crippen MR) is 93.7 cm³/mol. The second kappa shape index (κ2) is 9.71. The second-order valence-corrected chi connectivity index (χ2v) is 6.72. The van der Waals surface area contributed by atoms with Gasteiger partial charge in [-0.15, -0.1) is 10.2 Å². The van der Waals surface area contributed by atoms with Crippen LogP contribution < -0.4 is 4.74 Å². The molecule has 1 aromatic rings. The quantitative estimate of drug-likeness (QED) is 0.433. The molecule has 0 spiro atoms. The molecule has 27 heavy (non-hydrogen) atoms. The molecule has 0 aromatic heterocycles. The number of benzene rings is 1. The Labute approximate surface area is 156 Å². The third-order valence-electron chi connectivity index (χ3n) is 4.49. The van der Waals surface area contributed by atoms with Crippen molar-refractivity contribution in [2.45, 2.75) is 69.6 Å². The average molecular weight is 386 g/mol. The molecule has 0 radical (unpaired) electrons. The number of carboxylic acid groups (broad SMARTS) is 1. The van der Waals surface area contributed by atoms with Gasteiger partial charge < -0.3 is 9.84 Å². The van der Waals surface area contributed by atoms with E-state index in [1.165, 1.54) is 18.2 Å². The highest BCUT2D eigenvalue weighted by molar-refractivity contribution is 5.66. The van der Waals surface area contributed by atoms with E-state index < -0.39 is 17.8 Å². The topological polar surface area (TPSA) is 71.2 Å². The largest absolute Gasteiger partial charge is 0.494 e. The summed E-state index contributed by atoms with van der Waals surface area (Å²) in [4.78, 5) is 10.4.